The van der Waals surface area contributed by atoms with E-state index in [1.54, 1.807) is 0 Å². The number of carbonyl (C=O) groups is 1. The van der Waals surface area contributed by atoms with Crippen molar-refractivity contribution in [2.24, 2.45) is 5.92 Å². The summed E-state index contributed by atoms with van der Waals surface area (Å²) in [5.74, 6) is 0.758. The van der Waals surface area contributed by atoms with Crippen molar-refractivity contribution in [1.82, 2.24) is 4.90 Å². The molecule has 0 N–H and O–H groups in total. The van der Waals surface area contributed by atoms with Gasteiger partial charge in [-0.1, -0.05) is 30.3 Å². The number of halogens is 1. The Hall–Kier alpha value is -2.20. The number of fused-ring (bicyclic) bond motifs is 2. The average molecular weight is 350 g/mol. The van der Waals surface area contributed by atoms with Gasteiger partial charge in [0.05, 0.1) is 5.41 Å². The Bertz CT molecular complexity index is 845. The van der Waals surface area contributed by atoms with Crippen LogP contribution in [0.2, 0.25) is 0 Å². The van der Waals surface area contributed by atoms with Crippen LogP contribution in [0.15, 0.2) is 48.5 Å². The third-order valence-electron chi connectivity index (χ3n) is 6.17. The molecule has 1 saturated carbocycles. The number of carbonyl (C=O) groups excluding carboxylic acids is 1. The fraction of sp³-hybridized carbons (Fsp3) is 0.409. The van der Waals surface area contributed by atoms with Crippen LogP contribution in [0.4, 0.5) is 10.1 Å². The van der Waals surface area contributed by atoms with Gasteiger partial charge in [-0.15, -0.1) is 0 Å². The van der Waals surface area contributed by atoms with Gasteiger partial charge in [-0.25, -0.2) is 4.39 Å². The van der Waals surface area contributed by atoms with Gasteiger partial charge in [-0.2, -0.15) is 0 Å². The number of nitrogens with zero attached hydrogens (tertiary/aromatic N) is 2. The second-order valence-electron chi connectivity index (χ2n) is 8.05. The van der Waals surface area contributed by atoms with E-state index in [2.05, 4.69) is 23.1 Å². The first-order valence-electron chi connectivity index (χ1n) is 9.54. The molecule has 2 aromatic carbocycles. The number of para-hydroxylation sites is 1. The monoisotopic (exact) mass is 350 g/mol. The largest absolute Gasteiger partial charge is 0.311 e. The number of anilines is 1. The van der Waals surface area contributed by atoms with E-state index in [9.17, 15) is 9.18 Å². The van der Waals surface area contributed by atoms with E-state index >= 15 is 0 Å². The first kappa shape index (κ1) is 16.0. The van der Waals surface area contributed by atoms with E-state index in [-0.39, 0.29) is 11.7 Å². The van der Waals surface area contributed by atoms with Crippen molar-refractivity contribution in [2.45, 2.75) is 31.2 Å². The molecule has 134 valence electrons. The SMILES string of the molecule is O=C1N(CC2CC2)c2ccccc2[C@@]12CCN(Cc1ccc(F)cc1)C2. The van der Waals surface area contributed by atoms with Crippen molar-refractivity contribution in [1.29, 1.82) is 0 Å². The summed E-state index contributed by atoms with van der Waals surface area (Å²) >= 11 is 0. The Kier molecular flexibility index (Phi) is 3.64. The van der Waals surface area contributed by atoms with Gasteiger partial charge in [0.1, 0.15) is 5.82 Å². The maximum atomic E-state index is 13.4. The molecule has 2 aromatic rings. The minimum atomic E-state index is -0.397. The van der Waals surface area contributed by atoms with Crippen molar-refractivity contribution in [3.63, 3.8) is 0 Å². The number of rotatable bonds is 4. The zero-order valence-corrected chi connectivity index (χ0v) is 14.8. The van der Waals surface area contributed by atoms with Gasteiger partial charge in [-0.3, -0.25) is 9.69 Å². The van der Waals surface area contributed by atoms with E-state index < -0.39 is 5.41 Å². The number of hydrogen-bond donors (Lipinski definition) is 0. The maximum Gasteiger partial charge on any atom is 0.239 e. The highest BCUT2D eigenvalue weighted by Crippen LogP contribution is 2.48. The van der Waals surface area contributed by atoms with E-state index in [1.807, 2.05) is 23.1 Å². The van der Waals surface area contributed by atoms with Crippen molar-refractivity contribution in [2.75, 3.05) is 24.5 Å². The molecule has 0 unspecified atom stereocenters. The van der Waals surface area contributed by atoms with Crippen LogP contribution in [-0.2, 0) is 16.8 Å². The van der Waals surface area contributed by atoms with Crippen LogP contribution >= 0.6 is 0 Å². The van der Waals surface area contributed by atoms with Crippen molar-refractivity contribution in [3.8, 4) is 0 Å². The van der Waals surface area contributed by atoms with Gasteiger partial charge in [0.15, 0.2) is 0 Å². The summed E-state index contributed by atoms with van der Waals surface area (Å²) in [7, 11) is 0. The molecule has 3 aliphatic rings. The molecule has 1 aliphatic carbocycles. The summed E-state index contributed by atoms with van der Waals surface area (Å²) < 4.78 is 13.1. The lowest BCUT2D eigenvalue weighted by Gasteiger charge is -2.25. The lowest BCUT2D eigenvalue weighted by molar-refractivity contribution is -0.122. The third-order valence-corrected chi connectivity index (χ3v) is 6.17. The second-order valence-corrected chi connectivity index (χ2v) is 8.05. The molecule has 1 amide bonds. The van der Waals surface area contributed by atoms with Crippen molar-refractivity contribution in [3.05, 3.63) is 65.5 Å². The Morgan fingerprint density at radius 2 is 1.85 bits per heavy atom. The molecule has 1 spiro atoms. The zero-order valence-electron chi connectivity index (χ0n) is 14.8. The molecule has 2 heterocycles. The Morgan fingerprint density at radius 3 is 2.62 bits per heavy atom. The topological polar surface area (TPSA) is 23.6 Å². The van der Waals surface area contributed by atoms with Gasteiger partial charge in [0.25, 0.3) is 0 Å². The molecule has 5 rings (SSSR count). The first-order valence-corrected chi connectivity index (χ1v) is 9.54. The van der Waals surface area contributed by atoms with E-state index in [4.69, 9.17) is 0 Å². The molecule has 4 heteroatoms. The second kappa shape index (κ2) is 5.92. The maximum absolute atomic E-state index is 13.4. The number of likely N-dealkylation sites (tertiary alicyclic amines) is 1. The molecular formula is C22H23FN2O. The molecule has 0 aromatic heterocycles. The Balaban J connectivity index is 1.41. The van der Waals surface area contributed by atoms with Crippen LogP contribution < -0.4 is 4.90 Å². The summed E-state index contributed by atoms with van der Waals surface area (Å²) in [6.07, 6.45) is 3.36. The molecule has 0 radical (unpaired) electrons. The van der Waals surface area contributed by atoms with Gasteiger partial charge < -0.3 is 4.90 Å². The standard InChI is InChI=1S/C22H23FN2O/c23-18-9-7-16(8-10-18)13-24-12-11-22(15-24)19-3-1-2-4-20(19)25(21(22)26)14-17-5-6-17/h1-4,7-10,17H,5-6,11-15H2/t22-/m0/s1. The summed E-state index contributed by atoms with van der Waals surface area (Å²) in [5.41, 5.74) is 3.02. The highest BCUT2D eigenvalue weighted by Gasteiger charge is 2.54. The van der Waals surface area contributed by atoms with Crippen LogP contribution in [0.25, 0.3) is 0 Å². The Morgan fingerprint density at radius 1 is 1.08 bits per heavy atom. The summed E-state index contributed by atoms with van der Waals surface area (Å²) in [6, 6.07) is 15.0. The van der Waals surface area contributed by atoms with E-state index in [1.165, 1.54) is 30.5 Å². The highest BCUT2D eigenvalue weighted by molar-refractivity contribution is 6.08. The molecule has 2 aliphatic heterocycles. The number of benzene rings is 2. The van der Waals surface area contributed by atoms with Gasteiger partial charge in [-0.05, 0) is 61.1 Å². The zero-order chi connectivity index (χ0) is 17.7. The lowest BCUT2D eigenvalue weighted by Crippen LogP contribution is -2.43. The molecule has 0 bridgehead atoms. The van der Waals surface area contributed by atoms with Gasteiger partial charge in [0.2, 0.25) is 5.91 Å². The molecule has 2 fully saturated rings. The fourth-order valence-corrected chi connectivity index (χ4v) is 4.60. The summed E-state index contributed by atoms with van der Waals surface area (Å²) in [5, 5.41) is 0. The predicted molar refractivity (Wildman–Crippen MR) is 99.5 cm³/mol. The fourth-order valence-electron chi connectivity index (χ4n) is 4.60. The molecule has 3 nitrogen and oxygen atoms in total. The Labute approximate surface area is 153 Å². The lowest BCUT2D eigenvalue weighted by atomic mass is 9.81. The van der Waals surface area contributed by atoms with Crippen LogP contribution in [0.3, 0.4) is 0 Å². The molecule has 1 atom stereocenters. The summed E-state index contributed by atoms with van der Waals surface area (Å²) in [6.45, 7) is 3.28. The minimum Gasteiger partial charge on any atom is -0.311 e. The van der Waals surface area contributed by atoms with Crippen molar-refractivity contribution >= 4 is 11.6 Å². The van der Waals surface area contributed by atoms with Crippen molar-refractivity contribution < 1.29 is 9.18 Å². The normalized spacial score (nSPS) is 25.3. The smallest absolute Gasteiger partial charge is 0.239 e. The average Bonchev–Trinajstić information content (AvgIpc) is 3.34. The first-order chi connectivity index (χ1) is 12.7. The number of hydrogen-bond acceptors (Lipinski definition) is 2. The van der Waals surface area contributed by atoms with Crippen LogP contribution in [-0.4, -0.2) is 30.4 Å². The molecule has 26 heavy (non-hydrogen) atoms. The molecular weight excluding hydrogens is 327 g/mol. The van der Waals surface area contributed by atoms with Crippen LogP contribution in [0, 0.1) is 11.7 Å². The van der Waals surface area contributed by atoms with Gasteiger partial charge in [0, 0.05) is 25.3 Å². The summed E-state index contributed by atoms with van der Waals surface area (Å²) in [4.78, 5) is 17.8. The predicted octanol–water partition coefficient (Wildman–Crippen LogP) is 3.73. The molecule has 1 saturated heterocycles. The van der Waals surface area contributed by atoms with Crippen LogP contribution in [0.1, 0.15) is 30.4 Å². The van der Waals surface area contributed by atoms with E-state index in [0.29, 0.717) is 5.92 Å². The minimum absolute atomic E-state index is 0.206. The third kappa shape index (κ3) is 2.55. The quantitative estimate of drug-likeness (QED) is 0.839. The highest BCUT2D eigenvalue weighted by atomic mass is 19.1. The van der Waals surface area contributed by atoms with Crippen LogP contribution in [0.5, 0.6) is 0 Å². The van der Waals surface area contributed by atoms with Gasteiger partial charge >= 0.3 is 0 Å². The number of amides is 1. The van der Waals surface area contributed by atoms with E-state index in [0.717, 1.165) is 43.9 Å².